The zero-order valence-corrected chi connectivity index (χ0v) is 12.6. The predicted molar refractivity (Wildman–Crippen MR) is 85.4 cm³/mol. The fraction of sp³-hybridized carbons (Fsp3) is 0.235. The number of ether oxygens (including phenoxy) is 1. The minimum atomic E-state index is -0.371. The average Bonchev–Trinajstić information content (AvgIpc) is 2.48. The van der Waals surface area contributed by atoms with Crippen LogP contribution >= 0.6 is 0 Å². The Bertz CT molecular complexity index is 666. The maximum Gasteiger partial charge on any atom is 0.337 e. The molecule has 0 saturated heterocycles. The molecule has 0 unspecified atom stereocenters. The highest BCUT2D eigenvalue weighted by Crippen LogP contribution is 2.22. The van der Waals surface area contributed by atoms with Crippen LogP contribution in [0.15, 0.2) is 36.4 Å². The van der Waals surface area contributed by atoms with Crippen LogP contribution in [0.25, 0.3) is 0 Å². The number of hydrogen-bond acceptors (Lipinski definition) is 4. The van der Waals surface area contributed by atoms with E-state index in [0.29, 0.717) is 17.8 Å². The largest absolute Gasteiger partial charge is 0.465 e. The molecule has 0 atom stereocenters. The molecule has 21 heavy (non-hydrogen) atoms. The number of aryl methyl sites for hydroxylation is 2. The van der Waals surface area contributed by atoms with Gasteiger partial charge in [0.15, 0.2) is 0 Å². The fourth-order valence-electron chi connectivity index (χ4n) is 2.14. The van der Waals surface area contributed by atoms with Gasteiger partial charge in [-0.2, -0.15) is 0 Å². The normalized spacial score (nSPS) is 10.2. The smallest absolute Gasteiger partial charge is 0.337 e. The highest BCUT2D eigenvalue weighted by molar-refractivity contribution is 5.91. The van der Waals surface area contributed by atoms with Gasteiger partial charge in [0.2, 0.25) is 0 Å². The number of anilines is 2. The van der Waals surface area contributed by atoms with E-state index in [-0.39, 0.29) is 5.97 Å². The van der Waals surface area contributed by atoms with Gasteiger partial charge < -0.3 is 15.8 Å². The lowest BCUT2D eigenvalue weighted by Gasteiger charge is -2.13. The van der Waals surface area contributed by atoms with E-state index in [0.717, 1.165) is 5.69 Å². The molecule has 0 saturated carbocycles. The summed E-state index contributed by atoms with van der Waals surface area (Å²) in [6, 6.07) is 11.4. The van der Waals surface area contributed by atoms with Crippen molar-refractivity contribution in [2.45, 2.75) is 20.4 Å². The summed E-state index contributed by atoms with van der Waals surface area (Å²) in [6.07, 6.45) is 0. The van der Waals surface area contributed by atoms with Crippen LogP contribution < -0.4 is 11.1 Å². The Labute approximate surface area is 124 Å². The summed E-state index contributed by atoms with van der Waals surface area (Å²) in [5.41, 5.74) is 11.4. The molecule has 2 aromatic rings. The third kappa shape index (κ3) is 3.54. The van der Waals surface area contributed by atoms with Crippen LogP contribution in [0.5, 0.6) is 0 Å². The Morgan fingerprint density at radius 1 is 1.19 bits per heavy atom. The Balaban J connectivity index is 2.19. The summed E-state index contributed by atoms with van der Waals surface area (Å²) < 4.78 is 4.72. The van der Waals surface area contributed by atoms with Crippen molar-refractivity contribution in [3.05, 3.63) is 58.7 Å². The van der Waals surface area contributed by atoms with Crippen LogP contribution in [0.1, 0.15) is 27.0 Å². The molecule has 2 rings (SSSR count). The zero-order chi connectivity index (χ0) is 15.4. The molecule has 4 heteroatoms. The Kier molecular flexibility index (Phi) is 4.48. The predicted octanol–water partition coefficient (Wildman–Crippen LogP) is 3.28. The number of nitrogens with one attached hydrogen (secondary N) is 1. The van der Waals surface area contributed by atoms with Gasteiger partial charge in [-0.3, -0.25) is 0 Å². The molecule has 2 aromatic carbocycles. The Morgan fingerprint density at radius 3 is 2.67 bits per heavy atom. The summed E-state index contributed by atoms with van der Waals surface area (Å²) in [6.45, 7) is 4.79. The molecular weight excluding hydrogens is 264 g/mol. The van der Waals surface area contributed by atoms with Crippen LogP contribution in [0.4, 0.5) is 11.4 Å². The molecule has 0 amide bonds. The van der Waals surface area contributed by atoms with Crippen LogP contribution in [-0.2, 0) is 11.3 Å². The van der Waals surface area contributed by atoms with Crippen molar-refractivity contribution in [1.29, 1.82) is 0 Å². The number of methoxy groups -OCH3 is 1. The van der Waals surface area contributed by atoms with E-state index < -0.39 is 0 Å². The number of rotatable bonds is 4. The van der Waals surface area contributed by atoms with Crippen molar-refractivity contribution in [1.82, 2.24) is 0 Å². The lowest BCUT2D eigenvalue weighted by molar-refractivity contribution is 0.0601. The van der Waals surface area contributed by atoms with Gasteiger partial charge in [-0.1, -0.05) is 23.8 Å². The maximum atomic E-state index is 11.6. The van der Waals surface area contributed by atoms with Crippen molar-refractivity contribution >= 4 is 17.3 Å². The molecule has 0 spiro atoms. The third-order valence-corrected chi connectivity index (χ3v) is 3.45. The number of benzene rings is 2. The van der Waals surface area contributed by atoms with Gasteiger partial charge in [-0.05, 0) is 43.2 Å². The molecule has 4 nitrogen and oxygen atoms in total. The first-order valence-corrected chi connectivity index (χ1v) is 6.79. The first-order valence-electron chi connectivity index (χ1n) is 6.79. The lowest BCUT2D eigenvalue weighted by Crippen LogP contribution is -2.07. The zero-order valence-electron chi connectivity index (χ0n) is 12.6. The molecule has 110 valence electrons. The summed E-state index contributed by atoms with van der Waals surface area (Å²) in [5, 5.41) is 3.28. The van der Waals surface area contributed by atoms with Crippen molar-refractivity contribution < 1.29 is 9.53 Å². The molecule has 0 bridgehead atoms. The van der Waals surface area contributed by atoms with Gasteiger partial charge in [0.25, 0.3) is 0 Å². The molecule has 0 fully saturated rings. The molecule has 0 aliphatic rings. The van der Waals surface area contributed by atoms with E-state index in [4.69, 9.17) is 10.5 Å². The Morgan fingerprint density at radius 2 is 1.95 bits per heavy atom. The first-order chi connectivity index (χ1) is 10.0. The SMILES string of the molecule is COC(=O)c1ccc(N)c(NCc2cc(C)ccc2C)c1. The lowest BCUT2D eigenvalue weighted by atomic mass is 10.1. The van der Waals surface area contributed by atoms with Gasteiger partial charge in [-0.25, -0.2) is 4.79 Å². The molecule has 0 aromatic heterocycles. The maximum absolute atomic E-state index is 11.6. The topological polar surface area (TPSA) is 64.3 Å². The van der Waals surface area contributed by atoms with E-state index in [1.54, 1.807) is 18.2 Å². The van der Waals surface area contributed by atoms with Crippen LogP contribution in [0.2, 0.25) is 0 Å². The second kappa shape index (κ2) is 6.31. The van der Waals surface area contributed by atoms with Gasteiger partial charge in [0.05, 0.1) is 24.0 Å². The van der Waals surface area contributed by atoms with E-state index >= 15 is 0 Å². The van der Waals surface area contributed by atoms with Gasteiger partial charge >= 0.3 is 5.97 Å². The molecule has 3 N–H and O–H groups in total. The Hall–Kier alpha value is -2.49. The minimum absolute atomic E-state index is 0.371. The molecule has 0 aliphatic carbocycles. The van der Waals surface area contributed by atoms with Crippen molar-refractivity contribution in [3.8, 4) is 0 Å². The van der Waals surface area contributed by atoms with Gasteiger partial charge in [0, 0.05) is 6.54 Å². The van der Waals surface area contributed by atoms with E-state index in [1.807, 2.05) is 0 Å². The monoisotopic (exact) mass is 284 g/mol. The standard InChI is InChI=1S/C17H20N2O2/c1-11-4-5-12(2)14(8-11)10-19-16-9-13(17(20)21-3)6-7-15(16)18/h4-9,19H,10,18H2,1-3H3. The van der Waals surface area contributed by atoms with Crippen LogP contribution in [0.3, 0.4) is 0 Å². The fourth-order valence-corrected chi connectivity index (χ4v) is 2.14. The van der Waals surface area contributed by atoms with Crippen molar-refractivity contribution in [3.63, 3.8) is 0 Å². The highest BCUT2D eigenvalue weighted by atomic mass is 16.5. The summed E-state index contributed by atoms with van der Waals surface area (Å²) in [5.74, 6) is -0.371. The van der Waals surface area contributed by atoms with Gasteiger partial charge in [-0.15, -0.1) is 0 Å². The third-order valence-electron chi connectivity index (χ3n) is 3.45. The van der Waals surface area contributed by atoms with Crippen molar-refractivity contribution in [2.75, 3.05) is 18.2 Å². The summed E-state index contributed by atoms with van der Waals surface area (Å²) in [4.78, 5) is 11.6. The molecule has 0 aliphatic heterocycles. The number of nitrogens with two attached hydrogens (primary N) is 1. The van der Waals surface area contributed by atoms with E-state index in [1.165, 1.54) is 23.8 Å². The summed E-state index contributed by atoms with van der Waals surface area (Å²) >= 11 is 0. The number of esters is 1. The van der Waals surface area contributed by atoms with E-state index in [2.05, 4.69) is 37.4 Å². The number of carbonyl (C=O) groups excluding carboxylic acids is 1. The number of hydrogen-bond donors (Lipinski definition) is 2. The minimum Gasteiger partial charge on any atom is -0.465 e. The molecule has 0 heterocycles. The second-order valence-electron chi connectivity index (χ2n) is 5.08. The molecular formula is C17H20N2O2. The summed E-state index contributed by atoms with van der Waals surface area (Å²) in [7, 11) is 1.36. The number of nitrogen functional groups attached to an aromatic ring is 1. The van der Waals surface area contributed by atoms with Crippen molar-refractivity contribution in [2.24, 2.45) is 0 Å². The van der Waals surface area contributed by atoms with Crippen LogP contribution in [0, 0.1) is 13.8 Å². The quantitative estimate of drug-likeness (QED) is 0.668. The average molecular weight is 284 g/mol. The second-order valence-corrected chi connectivity index (χ2v) is 5.08. The van der Waals surface area contributed by atoms with Crippen LogP contribution in [-0.4, -0.2) is 13.1 Å². The van der Waals surface area contributed by atoms with Gasteiger partial charge in [0.1, 0.15) is 0 Å². The number of carbonyl (C=O) groups is 1. The molecule has 0 radical (unpaired) electrons. The highest BCUT2D eigenvalue weighted by Gasteiger charge is 2.08. The first kappa shape index (κ1) is 14.9. The van der Waals surface area contributed by atoms with E-state index in [9.17, 15) is 4.79 Å².